The Kier molecular flexibility index (Phi) is 4.06. The van der Waals surface area contributed by atoms with Crippen LogP contribution >= 0.6 is 0 Å². The molecular weight excluding hydrogens is 166 g/mol. The van der Waals surface area contributed by atoms with Gasteiger partial charge in [-0.05, 0) is 19.3 Å². The fourth-order valence-electron chi connectivity index (χ4n) is 1.93. The van der Waals surface area contributed by atoms with Gasteiger partial charge in [0.05, 0.1) is 7.11 Å². The molecule has 0 spiro atoms. The molecule has 0 saturated carbocycles. The van der Waals surface area contributed by atoms with Gasteiger partial charge in [-0.2, -0.15) is 0 Å². The van der Waals surface area contributed by atoms with Crippen molar-refractivity contribution in [3.05, 3.63) is 0 Å². The van der Waals surface area contributed by atoms with Crippen LogP contribution in [0.15, 0.2) is 0 Å². The van der Waals surface area contributed by atoms with Gasteiger partial charge in [0.15, 0.2) is 0 Å². The molecule has 0 aliphatic carbocycles. The molecule has 1 aliphatic rings. The number of nitrogens with zero attached hydrogens (tertiary/aromatic N) is 1. The highest BCUT2D eigenvalue weighted by Crippen LogP contribution is 2.22. The number of unbranched alkanes of at least 4 members (excludes halogenated alkanes) is 1. The highest BCUT2D eigenvalue weighted by atomic mass is 16.5. The van der Waals surface area contributed by atoms with Crippen LogP contribution in [-0.2, 0) is 4.74 Å². The van der Waals surface area contributed by atoms with Crippen LogP contribution in [-0.4, -0.2) is 30.7 Å². The number of amides is 1. The maximum Gasteiger partial charge on any atom is 0.409 e. The molecule has 1 fully saturated rings. The number of ether oxygens (including phenoxy) is 1. The number of carbonyl (C=O) groups excluding carboxylic acids is 1. The summed E-state index contributed by atoms with van der Waals surface area (Å²) in [4.78, 5) is 13.2. The third-order valence-corrected chi connectivity index (χ3v) is 2.68. The maximum absolute atomic E-state index is 11.3. The molecular formula is C10H19NO2. The Morgan fingerprint density at radius 1 is 1.62 bits per heavy atom. The predicted octanol–water partition coefficient (Wildman–Crippen LogP) is 2.41. The second-order valence-corrected chi connectivity index (χ2v) is 3.60. The normalized spacial score (nSPS) is 22.0. The van der Waals surface area contributed by atoms with E-state index in [1.807, 2.05) is 4.90 Å². The van der Waals surface area contributed by atoms with Crippen molar-refractivity contribution < 1.29 is 9.53 Å². The Bertz CT molecular complexity index is 170. The Labute approximate surface area is 80.1 Å². The van der Waals surface area contributed by atoms with E-state index in [4.69, 9.17) is 4.74 Å². The zero-order valence-electron chi connectivity index (χ0n) is 8.58. The second-order valence-electron chi connectivity index (χ2n) is 3.60. The quantitative estimate of drug-likeness (QED) is 0.675. The fourth-order valence-corrected chi connectivity index (χ4v) is 1.93. The molecule has 1 aliphatic heterocycles. The van der Waals surface area contributed by atoms with Gasteiger partial charge in [-0.3, -0.25) is 0 Å². The van der Waals surface area contributed by atoms with Gasteiger partial charge in [-0.25, -0.2) is 4.79 Å². The zero-order chi connectivity index (χ0) is 9.68. The van der Waals surface area contributed by atoms with Crippen molar-refractivity contribution in [2.24, 2.45) is 0 Å². The first kappa shape index (κ1) is 10.4. The number of hydrogen-bond acceptors (Lipinski definition) is 2. The van der Waals surface area contributed by atoms with E-state index in [0.29, 0.717) is 6.04 Å². The number of likely N-dealkylation sites (tertiary alicyclic amines) is 1. The van der Waals surface area contributed by atoms with Crippen LogP contribution in [0.25, 0.3) is 0 Å². The molecule has 1 heterocycles. The summed E-state index contributed by atoms with van der Waals surface area (Å²) >= 11 is 0. The molecule has 13 heavy (non-hydrogen) atoms. The Morgan fingerprint density at radius 3 is 3.00 bits per heavy atom. The second kappa shape index (κ2) is 5.10. The minimum absolute atomic E-state index is 0.154. The van der Waals surface area contributed by atoms with Crippen LogP contribution in [0.2, 0.25) is 0 Å². The third kappa shape index (κ3) is 2.61. The molecule has 0 aromatic rings. The lowest BCUT2D eigenvalue weighted by Crippen LogP contribution is -2.35. The standard InChI is InChI=1S/C10H19NO2/c1-3-4-6-9-7-5-8-11(9)10(12)13-2/h9H,3-8H2,1-2H3. The molecule has 76 valence electrons. The van der Waals surface area contributed by atoms with Gasteiger partial charge >= 0.3 is 6.09 Å². The van der Waals surface area contributed by atoms with E-state index >= 15 is 0 Å². The van der Waals surface area contributed by atoms with E-state index < -0.39 is 0 Å². The van der Waals surface area contributed by atoms with E-state index in [-0.39, 0.29) is 6.09 Å². The van der Waals surface area contributed by atoms with Gasteiger partial charge in [-0.1, -0.05) is 19.8 Å². The molecule has 1 rings (SSSR count). The van der Waals surface area contributed by atoms with Crippen molar-refractivity contribution in [1.29, 1.82) is 0 Å². The SMILES string of the molecule is CCCCC1CCCN1C(=O)OC. The smallest absolute Gasteiger partial charge is 0.409 e. The summed E-state index contributed by atoms with van der Waals surface area (Å²) in [6.45, 7) is 3.05. The zero-order valence-corrected chi connectivity index (χ0v) is 8.58. The van der Waals surface area contributed by atoms with Crippen molar-refractivity contribution in [2.45, 2.75) is 45.1 Å². The summed E-state index contributed by atoms with van der Waals surface area (Å²) in [6, 6.07) is 0.437. The maximum atomic E-state index is 11.3. The van der Waals surface area contributed by atoms with Crippen LogP contribution < -0.4 is 0 Å². The summed E-state index contributed by atoms with van der Waals surface area (Å²) in [5.41, 5.74) is 0. The summed E-state index contributed by atoms with van der Waals surface area (Å²) in [5.74, 6) is 0. The molecule has 1 amide bonds. The van der Waals surface area contributed by atoms with E-state index in [9.17, 15) is 4.79 Å². The largest absolute Gasteiger partial charge is 0.453 e. The number of rotatable bonds is 3. The number of methoxy groups -OCH3 is 1. The lowest BCUT2D eigenvalue weighted by Gasteiger charge is -2.22. The Morgan fingerprint density at radius 2 is 2.38 bits per heavy atom. The lowest BCUT2D eigenvalue weighted by molar-refractivity contribution is 0.117. The van der Waals surface area contributed by atoms with Gasteiger partial charge in [0.1, 0.15) is 0 Å². The van der Waals surface area contributed by atoms with Crippen LogP contribution in [0.3, 0.4) is 0 Å². The summed E-state index contributed by atoms with van der Waals surface area (Å²) in [6.07, 6.45) is 5.66. The summed E-state index contributed by atoms with van der Waals surface area (Å²) in [7, 11) is 1.46. The van der Waals surface area contributed by atoms with Crippen molar-refractivity contribution in [3.8, 4) is 0 Å². The lowest BCUT2D eigenvalue weighted by atomic mass is 10.1. The predicted molar refractivity (Wildman–Crippen MR) is 51.7 cm³/mol. The van der Waals surface area contributed by atoms with Crippen molar-refractivity contribution in [3.63, 3.8) is 0 Å². The van der Waals surface area contributed by atoms with Crippen LogP contribution in [0.4, 0.5) is 4.79 Å². The Hall–Kier alpha value is -0.730. The number of carbonyl (C=O) groups is 1. The molecule has 0 aromatic heterocycles. The molecule has 0 bridgehead atoms. The molecule has 0 N–H and O–H groups in total. The molecule has 0 aromatic carbocycles. The summed E-state index contributed by atoms with van der Waals surface area (Å²) in [5, 5.41) is 0. The van der Waals surface area contributed by atoms with Gasteiger partial charge in [0.2, 0.25) is 0 Å². The van der Waals surface area contributed by atoms with E-state index in [2.05, 4.69) is 6.92 Å². The molecule has 3 nitrogen and oxygen atoms in total. The van der Waals surface area contributed by atoms with Crippen LogP contribution in [0, 0.1) is 0 Å². The minimum atomic E-state index is -0.154. The molecule has 1 atom stereocenters. The minimum Gasteiger partial charge on any atom is -0.453 e. The highest BCUT2D eigenvalue weighted by molar-refractivity contribution is 5.68. The molecule has 0 radical (unpaired) electrons. The Balaban J connectivity index is 2.39. The van der Waals surface area contributed by atoms with E-state index in [0.717, 1.165) is 25.8 Å². The van der Waals surface area contributed by atoms with Crippen molar-refractivity contribution in [1.82, 2.24) is 4.90 Å². The van der Waals surface area contributed by atoms with Gasteiger partial charge in [0.25, 0.3) is 0 Å². The molecule has 1 saturated heterocycles. The fraction of sp³-hybridized carbons (Fsp3) is 0.900. The first-order valence-electron chi connectivity index (χ1n) is 5.14. The van der Waals surface area contributed by atoms with Crippen LogP contribution in [0.5, 0.6) is 0 Å². The first-order chi connectivity index (χ1) is 6.29. The topological polar surface area (TPSA) is 29.5 Å². The average molecular weight is 185 g/mol. The van der Waals surface area contributed by atoms with E-state index in [1.54, 1.807) is 0 Å². The monoisotopic (exact) mass is 185 g/mol. The first-order valence-corrected chi connectivity index (χ1v) is 5.14. The van der Waals surface area contributed by atoms with Gasteiger partial charge < -0.3 is 9.64 Å². The van der Waals surface area contributed by atoms with Crippen molar-refractivity contribution >= 4 is 6.09 Å². The molecule has 3 heteroatoms. The number of hydrogen-bond donors (Lipinski definition) is 0. The van der Waals surface area contributed by atoms with Gasteiger partial charge in [-0.15, -0.1) is 0 Å². The van der Waals surface area contributed by atoms with Gasteiger partial charge in [0, 0.05) is 12.6 Å². The summed E-state index contributed by atoms with van der Waals surface area (Å²) < 4.78 is 4.73. The van der Waals surface area contributed by atoms with Crippen LogP contribution in [0.1, 0.15) is 39.0 Å². The van der Waals surface area contributed by atoms with Crippen molar-refractivity contribution in [2.75, 3.05) is 13.7 Å². The average Bonchev–Trinajstić information content (AvgIpc) is 2.61. The highest BCUT2D eigenvalue weighted by Gasteiger charge is 2.28. The van der Waals surface area contributed by atoms with E-state index in [1.165, 1.54) is 20.0 Å². The molecule has 1 unspecified atom stereocenters. The third-order valence-electron chi connectivity index (χ3n) is 2.68.